The van der Waals surface area contributed by atoms with Gasteiger partial charge < -0.3 is 0 Å². The second kappa shape index (κ2) is 7.49. The fourth-order valence-corrected chi connectivity index (χ4v) is 3.63. The molecule has 0 spiro atoms. The van der Waals surface area contributed by atoms with E-state index >= 15 is 0 Å². The zero-order valence-corrected chi connectivity index (χ0v) is 13.6. The summed E-state index contributed by atoms with van der Waals surface area (Å²) in [4.78, 5) is 0.212. The molecule has 0 heterocycles. The predicted octanol–water partition coefficient (Wildman–Crippen LogP) is 6.44. The maximum absolute atomic E-state index is 13.4. The van der Waals surface area contributed by atoms with Gasteiger partial charge in [0.2, 0.25) is 0 Å². The lowest BCUT2D eigenvalue weighted by atomic mass is 9.90. The summed E-state index contributed by atoms with van der Waals surface area (Å²) in [6.45, 7) is 6.17. The molecular weight excluding hydrogens is 315 g/mol. The Morgan fingerprint density at radius 1 is 1.22 bits per heavy atom. The number of halogens is 3. The number of alkyl halides is 1. The highest BCUT2D eigenvalue weighted by molar-refractivity contribution is 9.09. The largest absolute Gasteiger partial charge is 0.207 e. The van der Waals surface area contributed by atoms with Gasteiger partial charge in [0, 0.05) is 9.85 Å². The highest BCUT2D eigenvalue weighted by Crippen LogP contribution is 2.40. The van der Waals surface area contributed by atoms with Crippen molar-refractivity contribution in [3.8, 4) is 0 Å². The summed E-state index contributed by atoms with van der Waals surface area (Å²) in [7, 11) is 0. The average Bonchev–Trinajstić information content (AvgIpc) is 2.33. The van der Waals surface area contributed by atoms with Gasteiger partial charge in [-0.2, -0.15) is 0 Å². The number of aryl methyl sites for hydroxylation is 1. The Kier molecular flexibility index (Phi) is 6.65. The lowest BCUT2D eigenvalue weighted by molar-refractivity contribution is 0.434. The van der Waals surface area contributed by atoms with Crippen LogP contribution in [-0.2, 0) is 0 Å². The van der Waals surface area contributed by atoms with E-state index in [0.717, 1.165) is 31.2 Å². The van der Waals surface area contributed by atoms with Crippen LogP contribution in [-0.4, -0.2) is 0 Å². The normalized spacial score (nSPS) is 13.1. The third-order valence-corrected chi connectivity index (χ3v) is 4.88. The van der Waals surface area contributed by atoms with Gasteiger partial charge in [-0.25, -0.2) is 4.39 Å². The first kappa shape index (κ1) is 16.0. The molecule has 0 saturated carbocycles. The van der Waals surface area contributed by atoms with Crippen molar-refractivity contribution in [3.05, 3.63) is 34.1 Å². The zero-order chi connectivity index (χ0) is 13.7. The third-order valence-electron chi connectivity index (χ3n) is 3.31. The van der Waals surface area contributed by atoms with Crippen molar-refractivity contribution in [2.45, 2.75) is 51.3 Å². The molecule has 1 aromatic rings. The van der Waals surface area contributed by atoms with Crippen molar-refractivity contribution in [1.82, 2.24) is 0 Å². The van der Waals surface area contributed by atoms with Crippen molar-refractivity contribution < 1.29 is 4.39 Å². The minimum absolute atomic E-state index is 0.212. The van der Waals surface area contributed by atoms with E-state index in [9.17, 15) is 4.39 Å². The van der Waals surface area contributed by atoms with Crippen LogP contribution < -0.4 is 0 Å². The van der Waals surface area contributed by atoms with E-state index in [-0.39, 0.29) is 10.6 Å². The summed E-state index contributed by atoms with van der Waals surface area (Å²) in [5.41, 5.74) is 1.67. The minimum atomic E-state index is -0.231. The molecule has 0 aromatic heterocycles. The summed E-state index contributed by atoms with van der Waals surface area (Å²) in [5.74, 6) is 0.327. The predicted molar refractivity (Wildman–Crippen MR) is 81.1 cm³/mol. The summed E-state index contributed by atoms with van der Waals surface area (Å²) in [5, 5.41) is 0.525. The van der Waals surface area contributed by atoms with Gasteiger partial charge in [-0.15, -0.1) is 0 Å². The van der Waals surface area contributed by atoms with Gasteiger partial charge in [-0.05, 0) is 42.9 Å². The second-order valence-corrected chi connectivity index (χ2v) is 6.26. The molecular formula is C15H21BrClF. The minimum Gasteiger partial charge on any atom is -0.207 e. The number of hydrogen-bond donors (Lipinski definition) is 0. The number of benzene rings is 1. The Morgan fingerprint density at radius 3 is 2.28 bits per heavy atom. The number of rotatable bonds is 6. The highest BCUT2D eigenvalue weighted by atomic mass is 79.9. The lowest BCUT2D eigenvalue weighted by Crippen LogP contribution is -2.08. The Morgan fingerprint density at radius 2 is 1.78 bits per heavy atom. The van der Waals surface area contributed by atoms with Gasteiger partial charge in [0.1, 0.15) is 5.82 Å². The quantitative estimate of drug-likeness (QED) is 0.525. The first-order valence-corrected chi connectivity index (χ1v) is 7.90. The van der Waals surface area contributed by atoms with Gasteiger partial charge in [0.05, 0.1) is 0 Å². The Labute approximate surface area is 123 Å². The van der Waals surface area contributed by atoms with Crippen molar-refractivity contribution >= 4 is 27.5 Å². The van der Waals surface area contributed by atoms with E-state index in [1.165, 1.54) is 6.07 Å². The van der Waals surface area contributed by atoms with Crippen molar-refractivity contribution in [2.75, 3.05) is 0 Å². The maximum Gasteiger partial charge on any atom is 0.127 e. The first-order chi connectivity index (χ1) is 8.51. The van der Waals surface area contributed by atoms with Crippen molar-refractivity contribution in [1.29, 1.82) is 0 Å². The molecule has 0 saturated heterocycles. The van der Waals surface area contributed by atoms with Crippen LogP contribution in [0.25, 0.3) is 0 Å². The monoisotopic (exact) mass is 334 g/mol. The van der Waals surface area contributed by atoms with Crippen LogP contribution in [0.2, 0.25) is 5.02 Å². The molecule has 0 amide bonds. The molecule has 18 heavy (non-hydrogen) atoms. The van der Waals surface area contributed by atoms with Crippen LogP contribution in [0.15, 0.2) is 12.1 Å². The molecule has 0 bridgehead atoms. The van der Waals surface area contributed by atoms with Gasteiger partial charge in [-0.1, -0.05) is 60.3 Å². The van der Waals surface area contributed by atoms with Crippen LogP contribution in [0.3, 0.4) is 0 Å². The standard InChI is InChI=1S/C15H21BrClF/c1-4-6-11(7-5-2)15(16)12-8-10(3)14(18)9-13(12)17/h8-9,11,15H,4-7H2,1-3H3. The van der Waals surface area contributed by atoms with Gasteiger partial charge >= 0.3 is 0 Å². The highest BCUT2D eigenvalue weighted by Gasteiger charge is 2.22. The van der Waals surface area contributed by atoms with E-state index in [2.05, 4.69) is 29.8 Å². The van der Waals surface area contributed by atoms with Gasteiger partial charge in [0.25, 0.3) is 0 Å². The van der Waals surface area contributed by atoms with E-state index in [0.29, 0.717) is 16.5 Å². The SMILES string of the molecule is CCCC(CCC)C(Br)c1cc(C)c(F)cc1Cl. The van der Waals surface area contributed by atoms with Crippen molar-refractivity contribution in [2.24, 2.45) is 5.92 Å². The van der Waals surface area contributed by atoms with Crippen LogP contribution in [0.5, 0.6) is 0 Å². The molecule has 1 atom stereocenters. The molecule has 1 unspecified atom stereocenters. The molecule has 0 nitrogen and oxygen atoms in total. The fourth-order valence-electron chi connectivity index (χ4n) is 2.32. The van der Waals surface area contributed by atoms with Crippen molar-refractivity contribution in [3.63, 3.8) is 0 Å². The molecule has 0 radical (unpaired) electrons. The molecule has 3 heteroatoms. The number of hydrogen-bond acceptors (Lipinski definition) is 0. The first-order valence-electron chi connectivity index (χ1n) is 6.60. The lowest BCUT2D eigenvalue weighted by Gasteiger charge is -2.23. The van der Waals surface area contributed by atoms with Crippen LogP contribution in [0, 0.1) is 18.7 Å². The van der Waals surface area contributed by atoms with E-state index < -0.39 is 0 Å². The van der Waals surface area contributed by atoms with Gasteiger partial charge in [0.15, 0.2) is 0 Å². The average molecular weight is 336 g/mol. The molecule has 1 aromatic carbocycles. The molecule has 0 fully saturated rings. The Balaban J connectivity index is 3.00. The van der Waals surface area contributed by atoms with E-state index in [4.69, 9.17) is 11.6 Å². The van der Waals surface area contributed by atoms with E-state index in [1.54, 1.807) is 6.92 Å². The van der Waals surface area contributed by atoms with Crippen LogP contribution >= 0.6 is 27.5 Å². The molecule has 0 aliphatic rings. The summed E-state index contributed by atoms with van der Waals surface area (Å²) in [6, 6.07) is 3.30. The third kappa shape index (κ3) is 3.96. The Hall–Kier alpha value is -0.0800. The smallest absolute Gasteiger partial charge is 0.127 e. The summed E-state index contributed by atoms with van der Waals surface area (Å²) >= 11 is 9.93. The zero-order valence-electron chi connectivity index (χ0n) is 11.3. The fraction of sp³-hybridized carbons (Fsp3) is 0.600. The van der Waals surface area contributed by atoms with E-state index in [1.807, 2.05) is 6.07 Å². The molecule has 1 rings (SSSR count). The van der Waals surface area contributed by atoms with Gasteiger partial charge in [-0.3, -0.25) is 0 Å². The second-order valence-electron chi connectivity index (χ2n) is 4.86. The maximum atomic E-state index is 13.4. The summed E-state index contributed by atoms with van der Waals surface area (Å²) in [6.07, 6.45) is 4.64. The molecule has 0 aliphatic heterocycles. The molecule has 0 N–H and O–H groups in total. The molecule has 102 valence electrons. The topological polar surface area (TPSA) is 0 Å². The van der Waals surface area contributed by atoms with Crippen LogP contribution in [0.4, 0.5) is 4.39 Å². The Bertz CT molecular complexity index is 386. The molecule has 0 aliphatic carbocycles. The summed E-state index contributed by atoms with van der Waals surface area (Å²) < 4.78 is 13.4. The van der Waals surface area contributed by atoms with Crippen LogP contribution in [0.1, 0.15) is 55.5 Å².